The van der Waals surface area contributed by atoms with E-state index in [-0.39, 0.29) is 6.04 Å². The summed E-state index contributed by atoms with van der Waals surface area (Å²) < 4.78 is 18.7. The van der Waals surface area contributed by atoms with E-state index in [2.05, 4.69) is 37.6 Å². The Morgan fingerprint density at radius 1 is 1.14 bits per heavy atom. The molecule has 3 aromatic rings. The molecule has 1 aliphatic heterocycles. The second kappa shape index (κ2) is 7.18. The Morgan fingerprint density at radius 2 is 2.00 bits per heavy atom. The van der Waals surface area contributed by atoms with E-state index in [1.54, 1.807) is 20.5 Å². The number of aromatic nitrogens is 4. The third-order valence-corrected chi connectivity index (χ3v) is 5.86. The molecule has 2 aliphatic rings. The maximum absolute atomic E-state index is 5.65. The minimum Gasteiger partial charge on any atom is -0.497 e. The Bertz CT molecular complexity index is 1020. The van der Waals surface area contributed by atoms with Gasteiger partial charge in [-0.25, -0.2) is 4.98 Å². The molecule has 5 rings (SSSR count). The molecule has 1 saturated carbocycles. The minimum atomic E-state index is 0.131. The van der Waals surface area contributed by atoms with Crippen LogP contribution < -0.4 is 9.47 Å². The van der Waals surface area contributed by atoms with Gasteiger partial charge in [0.05, 0.1) is 20.3 Å². The molecule has 1 aliphatic carbocycles. The van der Waals surface area contributed by atoms with Crippen LogP contribution in [-0.2, 0) is 13.1 Å². The van der Waals surface area contributed by atoms with Crippen LogP contribution in [0.4, 0.5) is 0 Å². The van der Waals surface area contributed by atoms with Gasteiger partial charge in [-0.15, -0.1) is 10.2 Å². The zero-order chi connectivity index (χ0) is 20.0. The zero-order valence-corrected chi connectivity index (χ0v) is 17.0. The summed E-state index contributed by atoms with van der Waals surface area (Å²) in [7, 11) is 3.35. The number of hydrogen-bond acceptors (Lipinski definition) is 7. The van der Waals surface area contributed by atoms with Crippen LogP contribution in [-0.4, -0.2) is 45.4 Å². The van der Waals surface area contributed by atoms with Crippen LogP contribution in [0.2, 0.25) is 0 Å². The van der Waals surface area contributed by atoms with Crippen molar-refractivity contribution in [2.45, 2.75) is 44.8 Å². The van der Waals surface area contributed by atoms with E-state index >= 15 is 0 Å². The van der Waals surface area contributed by atoms with Gasteiger partial charge in [-0.2, -0.15) is 0 Å². The van der Waals surface area contributed by atoms with Gasteiger partial charge in [-0.05, 0) is 25.8 Å². The predicted octanol–water partition coefficient (Wildman–Crippen LogP) is 3.40. The monoisotopic (exact) mass is 395 g/mol. The van der Waals surface area contributed by atoms with Crippen molar-refractivity contribution in [1.29, 1.82) is 0 Å². The molecule has 0 saturated heterocycles. The first-order valence-corrected chi connectivity index (χ1v) is 10.0. The average molecular weight is 395 g/mol. The van der Waals surface area contributed by atoms with E-state index in [1.165, 1.54) is 12.8 Å². The third-order valence-electron chi connectivity index (χ3n) is 5.86. The number of nitrogens with zero attached hydrogens (tertiary/aromatic N) is 5. The first-order chi connectivity index (χ1) is 14.2. The van der Waals surface area contributed by atoms with Crippen LogP contribution in [0.5, 0.6) is 11.5 Å². The van der Waals surface area contributed by atoms with E-state index in [4.69, 9.17) is 13.9 Å². The minimum absolute atomic E-state index is 0.131. The second-order valence-electron chi connectivity index (χ2n) is 7.70. The van der Waals surface area contributed by atoms with Crippen molar-refractivity contribution in [3.63, 3.8) is 0 Å². The van der Waals surface area contributed by atoms with Crippen molar-refractivity contribution in [2.24, 2.45) is 0 Å². The lowest BCUT2D eigenvalue weighted by molar-refractivity contribution is 0.155. The number of oxazole rings is 1. The van der Waals surface area contributed by atoms with Crippen molar-refractivity contribution in [2.75, 3.05) is 20.8 Å². The van der Waals surface area contributed by atoms with Crippen molar-refractivity contribution in [1.82, 2.24) is 24.6 Å². The Labute approximate surface area is 169 Å². The summed E-state index contributed by atoms with van der Waals surface area (Å²) in [4.78, 5) is 7.03. The van der Waals surface area contributed by atoms with E-state index in [1.807, 2.05) is 12.1 Å². The summed E-state index contributed by atoms with van der Waals surface area (Å²) in [5.74, 6) is 4.69. The lowest BCUT2D eigenvalue weighted by Gasteiger charge is -2.33. The van der Waals surface area contributed by atoms with Crippen LogP contribution >= 0.6 is 0 Å². The number of methoxy groups -OCH3 is 2. The van der Waals surface area contributed by atoms with Gasteiger partial charge < -0.3 is 18.5 Å². The van der Waals surface area contributed by atoms with E-state index in [9.17, 15) is 0 Å². The topological polar surface area (TPSA) is 78.4 Å². The molecule has 2 aromatic heterocycles. The van der Waals surface area contributed by atoms with E-state index < -0.39 is 0 Å². The molecule has 0 spiro atoms. The Hall–Kier alpha value is -2.87. The highest BCUT2D eigenvalue weighted by Gasteiger charge is 2.32. The van der Waals surface area contributed by atoms with Crippen LogP contribution in [0.3, 0.4) is 0 Å². The number of benzene rings is 1. The molecular weight excluding hydrogens is 370 g/mol. The highest BCUT2D eigenvalue weighted by Crippen LogP contribution is 2.40. The lowest BCUT2D eigenvalue weighted by Crippen LogP contribution is -2.36. The fourth-order valence-corrected chi connectivity index (χ4v) is 3.94. The SMILES string of the molecule is COc1ccc(CN2CCn3c(-c4coc(C5CC5)n4)nnc3C2C)c(OC)c1. The van der Waals surface area contributed by atoms with Crippen molar-refractivity contribution < 1.29 is 13.9 Å². The molecule has 29 heavy (non-hydrogen) atoms. The zero-order valence-electron chi connectivity index (χ0n) is 17.0. The number of hydrogen-bond donors (Lipinski definition) is 0. The summed E-state index contributed by atoms with van der Waals surface area (Å²) in [6.07, 6.45) is 4.04. The Kier molecular flexibility index (Phi) is 4.50. The predicted molar refractivity (Wildman–Crippen MR) is 106 cm³/mol. The smallest absolute Gasteiger partial charge is 0.197 e. The molecule has 0 bridgehead atoms. The second-order valence-corrected chi connectivity index (χ2v) is 7.70. The van der Waals surface area contributed by atoms with Crippen molar-refractivity contribution >= 4 is 0 Å². The quantitative estimate of drug-likeness (QED) is 0.633. The van der Waals surface area contributed by atoms with Gasteiger partial charge in [0.25, 0.3) is 0 Å². The van der Waals surface area contributed by atoms with Crippen LogP contribution in [0.1, 0.15) is 49.0 Å². The van der Waals surface area contributed by atoms with Gasteiger partial charge in [-0.1, -0.05) is 6.07 Å². The van der Waals surface area contributed by atoms with Crippen LogP contribution in [0.25, 0.3) is 11.5 Å². The molecule has 152 valence electrons. The molecular formula is C21H25N5O3. The largest absolute Gasteiger partial charge is 0.497 e. The molecule has 3 heterocycles. The lowest BCUT2D eigenvalue weighted by atomic mass is 10.1. The summed E-state index contributed by atoms with van der Waals surface area (Å²) in [5, 5.41) is 8.92. The molecule has 1 atom stereocenters. The molecule has 1 unspecified atom stereocenters. The van der Waals surface area contributed by atoms with Gasteiger partial charge in [0.1, 0.15) is 23.5 Å². The van der Waals surface area contributed by atoms with Gasteiger partial charge in [-0.3, -0.25) is 4.90 Å². The highest BCUT2D eigenvalue weighted by molar-refractivity contribution is 5.48. The standard InChI is InChI=1S/C21H25N5O3/c1-13-19-23-24-20(17-12-29-21(22-17)14-4-5-14)26(19)9-8-25(13)11-15-6-7-16(27-2)10-18(15)28-3/h6-7,10,12-14H,4-5,8-9,11H2,1-3H3. The highest BCUT2D eigenvalue weighted by atomic mass is 16.5. The first kappa shape index (κ1) is 18.2. The van der Waals surface area contributed by atoms with E-state index in [0.29, 0.717) is 5.92 Å². The maximum atomic E-state index is 5.65. The molecule has 8 nitrogen and oxygen atoms in total. The number of rotatable bonds is 6. The third kappa shape index (κ3) is 3.27. The molecule has 0 N–H and O–H groups in total. The molecule has 0 amide bonds. The summed E-state index contributed by atoms with van der Waals surface area (Å²) >= 11 is 0. The normalized spacial score (nSPS) is 19.2. The van der Waals surface area contributed by atoms with Gasteiger partial charge in [0, 0.05) is 37.2 Å². The van der Waals surface area contributed by atoms with Crippen molar-refractivity contribution in [3.05, 3.63) is 41.7 Å². The van der Waals surface area contributed by atoms with Gasteiger partial charge >= 0.3 is 0 Å². The number of fused-ring (bicyclic) bond motifs is 1. The van der Waals surface area contributed by atoms with Gasteiger partial charge in [0.15, 0.2) is 17.5 Å². The molecule has 1 aromatic carbocycles. The van der Waals surface area contributed by atoms with Crippen molar-refractivity contribution in [3.8, 4) is 23.0 Å². The van der Waals surface area contributed by atoms with Gasteiger partial charge in [0.2, 0.25) is 0 Å². The Balaban J connectivity index is 1.37. The summed E-state index contributed by atoms with van der Waals surface area (Å²) in [6.45, 7) is 4.64. The van der Waals surface area contributed by atoms with Crippen LogP contribution in [0.15, 0.2) is 28.9 Å². The fourth-order valence-electron chi connectivity index (χ4n) is 3.94. The molecule has 0 radical (unpaired) electrons. The van der Waals surface area contributed by atoms with Crippen LogP contribution in [0, 0.1) is 0 Å². The fraction of sp³-hybridized carbons (Fsp3) is 0.476. The molecule has 1 fully saturated rings. The summed E-state index contributed by atoms with van der Waals surface area (Å²) in [6, 6.07) is 6.08. The number of ether oxygens (including phenoxy) is 2. The van der Waals surface area contributed by atoms with E-state index in [0.717, 1.165) is 59.9 Å². The Morgan fingerprint density at radius 3 is 2.76 bits per heavy atom. The average Bonchev–Trinajstić information content (AvgIpc) is 3.32. The summed E-state index contributed by atoms with van der Waals surface area (Å²) in [5.41, 5.74) is 1.90. The molecule has 8 heteroatoms. The maximum Gasteiger partial charge on any atom is 0.197 e. The first-order valence-electron chi connectivity index (χ1n) is 10.0.